The van der Waals surface area contributed by atoms with E-state index in [2.05, 4.69) is 34.3 Å². The molecule has 1 aromatic carbocycles. The highest BCUT2D eigenvalue weighted by atomic mass is 32.2. The molecule has 0 spiro atoms. The SMILES string of the molecule is O=C(c1nn(C2CNC2)c2c1CSc1ccccc1-2)N1CCOCC1. The summed E-state index contributed by atoms with van der Waals surface area (Å²) in [4.78, 5) is 16.2. The van der Waals surface area contributed by atoms with Crippen LogP contribution in [0.2, 0.25) is 0 Å². The van der Waals surface area contributed by atoms with Crippen LogP contribution in [-0.2, 0) is 10.5 Å². The molecule has 2 fully saturated rings. The number of carbonyl (C=O) groups is 1. The van der Waals surface area contributed by atoms with Crippen molar-refractivity contribution in [1.82, 2.24) is 20.0 Å². The Labute approximate surface area is 150 Å². The van der Waals surface area contributed by atoms with E-state index in [0.717, 1.165) is 30.1 Å². The van der Waals surface area contributed by atoms with Gasteiger partial charge < -0.3 is 15.0 Å². The number of aromatic nitrogens is 2. The van der Waals surface area contributed by atoms with Gasteiger partial charge in [0.2, 0.25) is 0 Å². The first-order valence-electron chi connectivity index (χ1n) is 8.74. The van der Waals surface area contributed by atoms with Crippen LogP contribution in [0.1, 0.15) is 22.1 Å². The van der Waals surface area contributed by atoms with Crippen molar-refractivity contribution in [3.63, 3.8) is 0 Å². The molecule has 2 aromatic rings. The number of ether oxygens (including phenoxy) is 1. The largest absolute Gasteiger partial charge is 0.378 e. The lowest BCUT2D eigenvalue weighted by atomic mass is 10.0. The molecule has 4 heterocycles. The average Bonchev–Trinajstić information content (AvgIpc) is 3.00. The summed E-state index contributed by atoms with van der Waals surface area (Å²) in [5.41, 5.74) is 4.06. The minimum atomic E-state index is 0.0468. The van der Waals surface area contributed by atoms with E-state index in [1.165, 1.54) is 10.5 Å². The summed E-state index contributed by atoms with van der Waals surface area (Å²) < 4.78 is 7.48. The zero-order valence-corrected chi connectivity index (χ0v) is 14.7. The minimum Gasteiger partial charge on any atom is -0.378 e. The third-order valence-electron chi connectivity index (χ3n) is 5.13. The first kappa shape index (κ1) is 15.4. The highest BCUT2D eigenvalue weighted by Crippen LogP contribution is 2.44. The van der Waals surface area contributed by atoms with E-state index in [1.54, 1.807) is 11.8 Å². The van der Waals surface area contributed by atoms with Crippen molar-refractivity contribution >= 4 is 17.7 Å². The van der Waals surface area contributed by atoms with Crippen molar-refractivity contribution < 1.29 is 9.53 Å². The second-order valence-electron chi connectivity index (χ2n) is 6.62. The smallest absolute Gasteiger partial charge is 0.274 e. The third kappa shape index (κ3) is 2.49. The Hall–Kier alpha value is -1.83. The molecule has 0 bridgehead atoms. The maximum absolute atomic E-state index is 13.1. The van der Waals surface area contributed by atoms with Gasteiger partial charge >= 0.3 is 0 Å². The quantitative estimate of drug-likeness (QED) is 0.889. The molecule has 6 nitrogen and oxygen atoms in total. The molecule has 130 valence electrons. The Morgan fingerprint density at radius 1 is 1.24 bits per heavy atom. The van der Waals surface area contributed by atoms with Crippen LogP contribution >= 0.6 is 11.8 Å². The maximum atomic E-state index is 13.1. The molecule has 1 aromatic heterocycles. The van der Waals surface area contributed by atoms with Crippen LogP contribution in [0.15, 0.2) is 29.2 Å². The molecule has 0 unspecified atom stereocenters. The summed E-state index contributed by atoms with van der Waals surface area (Å²) in [5.74, 6) is 0.850. The standard InChI is InChI=1S/C18H20N4O2S/c23-18(21-5-7-24-8-6-21)16-14-11-25-15-4-2-1-3-13(15)17(14)22(20-16)12-9-19-10-12/h1-4,12,19H,5-11H2. The number of nitrogens with one attached hydrogen (secondary N) is 1. The van der Waals surface area contributed by atoms with Crippen molar-refractivity contribution in [2.75, 3.05) is 39.4 Å². The number of hydrogen-bond acceptors (Lipinski definition) is 5. The summed E-state index contributed by atoms with van der Waals surface area (Å²) in [7, 11) is 0. The monoisotopic (exact) mass is 356 g/mol. The van der Waals surface area contributed by atoms with Crippen LogP contribution in [0.25, 0.3) is 11.3 Å². The van der Waals surface area contributed by atoms with E-state index in [1.807, 2.05) is 4.90 Å². The number of thioether (sulfide) groups is 1. The van der Waals surface area contributed by atoms with Gasteiger partial charge in [0.05, 0.1) is 24.9 Å². The molecule has 7 heteroatoms. The lowest BCUT2D eigenvalue weighted by Gasteiger charge is -2.30. The van der Waals surface area contributed by atoms with Crippen LogP contribution in [0.5, 0.6) is 0 Å². The average molecular weight is 356 g/mol. The van der Waals surface area contributed by atoms with Gasteiger partial charge in [-0.2, -0.15) is 5.10 Å². The van der Waals surface area contributed by atoms with Gasteiger partial charge in [0.15, 0.2) is 5.69 Å². The normalized spacial score (nSPS) is 19.9. The first-order valence-corrected chi connectivity index (χ1v) is 9.73. The van der Waals surface area contributed by atoms with Gasteiger partial charge in [0.25, 0.3) is 5.91 Å². The van der Waals surface area contributed by atoms with Crippen LogP contribution < -0.4 is 5.32 Å². The van der Waals surface area contributed by atoms with E-state index >= 15 is 0 Å². The van der Waals surface area contributed by atoms with E-state index in [-0.39, 0.29) is 5.91 Å². The topological polar surface area (TPSA) is 59.4 Å². The van der Waals surface area contributed by atoms with Crippen molar-refractivity contribution in [1.29, 1.82) is 0 Å². The number of carbonyl (C=O) groups excluding carboxylic acids is 1. The zero-order chi connectivity index (χ0) is 16.8. The molecule has 1 amide bonds. The second kappa shape index (κ2) is 6.16. The number of nitrogens with zero attached hydrogens (tertiary/aromatic N) is 3. The van der Waals surface area contributed by atoms with E-state index in [0.29, 0.717) is 38.0 Å². The van der Waals surface area contributed by atoms with Gasteiger partial charge in [0.1, 0.15) is 0 Å². The number of rotatable bonds is 2. The van der Waals surface area contributed by atoms with Crippen molar-refractivity contribution in [3.05, 3.63) is 35.5 Å². The minimum absolute atomic E-state index is 0.0468. The predicted octanol–water partition coefficient (Wildman–Crippen LogP) is 1.77. The summed E-state index contributed by atoms with van der Waals surface area (Å²) in [6, 6.07) is 8.77. The molecule has 3 aliphatic rings. The number of morpholine rings is 1. The maximum Gasteiger partial charge on any atom is 0.274 e. The molecular formula is C18H20N4O2S. The Morgan fingerprint density at radius 2 is 2.04 bits per heavy atom. The van der Waals surface area contributed by atoms with Crippen LogP contribution in [0.4, 0.5) is 0 Å². The van der Waals surface area contributed by atoms with Crippen molar-refractivity contribution in [2.24, 2.45) is 0 Å². The summed E-state index contributed by atoms with van der Waals surface area (Å²) in [6.07, 6.45) is 0. The molecule has 2 saturated heterocycles. The molecule has 25 heavy (non-hydrogen) atoms. The third-order valence-corrected chi connectivity index (χ3v) is 6.23. The Morgan fingerprint density at radius 3 is 2.80 bits per heavy atom. The van der Waals surface area contributed by atoms with E-state index in [9.17, 15) is 4.79 Å². The van der Waals surface area contributed by atoms with Crippen LogP contribution in [-0.4, -0.2) is 60.0 Å². The highest BCUT2D eigenvalue weighted by molar-refractivity contribution is 7.98. The number of benzene rings is 1. The summed E-state index contributed by atoms with van der Waals surface area (Å²) in [6.45, 7) is 4.34. The summed E-state index contributed by atoms with van der Waals surface area (Å²) >= 11 is 1.80. The Kier molecular flexibility index (Phi) is 3.80. The fourth-order valence-electron chi connectivity index (χ4n) is 3.63. The Balaban J connectivity index is 1.62. The molecular weight excluding hydrogens is 336 g/mol. The van der Waals surface area contributed by atoms with Gasteiger partial charge in [-0.3, -0.25) is 9.48 Å². The molecule has 0 saturated carbocycles. The predicted molar refractivity (Wildman–Crippen MR) is 95.9 cm³/mol. The number of amides is 1. The molecule has 1 N–H and O–H groups in total. The second-order valence-corrected chi connectivity index (χ2v) is 7.64. The first-order chi connectivity index (χ1) is 12.3. The lowest BCUT2D eigenvalue weighted by molar-refractivity contribution is 0.0297. The summed E-state index contributed by atoms with van der Waals surface area (Å²) in [5, 5.41) is 8.13. The molecule has 5 rings (SSSR count). The lowest BCUT2D eigenvalue weighted by Crippen LogP contribution is -2.44. The van der Waals surface area contributed by atoms with Gasteiger partial charge in [-0.15, -0.1) is 11.8 Å². The van der Waals surface area contributed by atoms with E-state index in [4.69, 9.17) is 9.84 Å². The van der Waals surface area contributed by atoms with E-state index < -0.39 is 0 Å². The van der Waals surface area contributed by atoms with Crippen LogP contribution in [0.3, 0.4) is 0 Å². The zero-order valence-electron chi connectivity index (χ0n) is 13.9. The van der Waals surface area contributed by atoms with Crippen LogP contribution in [0, 0.1) is 0 Å². The van der Waals surface area contributed by atoms with Crippen molar-refractivity contribution in [2.45, 2.75) is 16.7 Å². The molecule has 0 radical (unpaired) electrons. The fraction of sp³-hybridized carbons (Fsp3) is 0.444. The van der Waals surface area contributed by atoms with Gasteiger partial charge in [0, 0.05) is 48.0 Å². The van der Waals surface area contributed by atoms with Gasteiger partial charge in [-0.05, 0) is 6.07 Å². The highest BCUT2D eigenvalue weighted by Gasteiger charge is 2.34. The van der Waals surface area contributed by atoms with Crippen molar-refractivity contribution in [3.8, 4) is 11.3 Å². The molecule has 3 aliphatic heterocycles. The van der Waals surface area contributed by atoms with Gasteiger partial charge in [-0.1, -0.05) is 18.2 Å². The number of fused-ring (bicyclic) bond motifs is 3. The fourth-order valence-corrected chi connectivity index (χ4v) is 4.70. The van der Waals surface area contributed by atoms with Gasteiger partial charge in [-0.25, -0.2) is 0 Å². The number of hydrogen-bond donors (Lipinski definition) is 1. The Bertz CT molecular complexity index is 824. The molecule has 0 atom stereocenters. The molecule has 0 aliphatic carbocycles.